The number of unbranched alkanes of at least 4 members (excludes halogenated alkanes) is 12. The van der Waals surface area contributed by atoms with Gasteiger partial charge in [-0.25, -0.2) is 0 Å². The number of carbonyl (C=O) groups excluding carboxylic acids is 1. The van der Waals surface area contributed by atoms with E-state index in [1.165, 1.54) is 82.5 Å². The van der Waals surface area contributed by atoms with Gasteiger partial charge in [0.1, 0.15) is 6.23 Å². The Morgan fingerprint density at radius 2 is 1.34 bits per heavy atom. The molecule has 6 nitrogen and oxygen atoms in total. The monoisotopic (exact) mass is 424 g/mol. The van der Waals surface area contributed by atoms with Crippen LogP contribution in [0.2, 0.25) is 0 Å². The normalized spacial score (nSPS) is 11.9. The number of hydrogen-bond donors (Lipinski definition) is 3. The molecule has 0 radical (unpaired) electrons. The maximum Gasteiger partial charge on any atom is 1.00 e. The Labute approximate surface area is 202 Å². The third-order valence-electron chi connectivity index (χ3n) is 5.10. The van der Waals surface area contributed by atoms with Crippen LogP contribution in [0.1, 0.15) is 105 Å². The predicted molar refractivity (Wildman–Crippen MR) is 115 cm³/mol. The van der Waals surface area contributed by atoms with Gasteiger partial charge in [0.05, 0.1) is 6.54 Å². The molecule has 1 atom stereocenters. The molecule has 7 heteroatoms. The smallest absolute Gasteiger partial charge is 1.00 e. The van der Waals surface area contributed by atoms with Crippen molar-refractivity contribution in [2.75, 3.05) is 19.6 Å². The van der Waals surface area contributed by atoms with Gasteiger partial charge in [0.2, 0.25) is 5.91 Å². The number of rotatable bonds is 20. The number of carboxylic acid groups (broad SMARTS) is 1. The molecule has 0 aromatic rings. The first-order valence-corrected chi connectivity index (χ1v) is 11.4. The van der Waals surface area contributed by atoms with E-state index < -0.39 is 12.2 Å². The van der Waals surface area contributed by atoms with E-state index in [1.807, 2.05) is 0 Å². The molecule has 0 aromatic carbocycles. The fraction of sp³-hybridized carbons (Fsp3) is 0.909. The molecule has 0 rings (SSSR count). The fourth-order valence-electron chi connectivity index (χ4n) is 3.30. The van der Waals surface area contributed by atoms with E-state index in [0.717, 1.165) is 12.8 Å². The maximum atomic E-state index is 11.8. The summed E-state index contributed by atoms with van der Waals surface area (Å²) >= 11 is 0. The quantitative estimate of drug-likeness (QED) is 0.156. The van der Waals surface area contributed by atoms with Crippen LogP contribution in [0.25, 0.3) is 0 Å². The average molecular weight is 425 g/mol. The summed E-state index contributed by atoms with van der Waals surface area (Å²) in [6.07, 6.45) is 16.4. The van der Waals surface area contributed by atoms with E-state index >= 15 is 0 Å². The van der Waals surface area contributed by atoms with Crippen LogP contribution in [0.15, 0.2) is 0 Å². The molecule has 1 amide bonds. The van der Waals surface area contributed by atoms with Crippen LogP contribution >= 0.6 is 0 Å². The summed E-state index contributed by atoms with van der Waals surface area (Å²) in [5.74, 6) is -0.983. The van der Waals surface area contributed by atoms with Crippen LogP contribution in [-0.4, -0.2) is 52.9 Å². The first-order valence-electron chi connectivity index (χ1n) is 11.4. The van der Waals surface area contributed by atoms with Gasteiger partial charge < -0.3 is 17.0 Å². The average Bonchev–Trinajstić information content (AvgIpc) is 2.64. The van der Waals surface area contributed by atoms with E-state index in [9.17, 15) is 14.7 Å². The van der Waals surface area contributed by atoms with E-state index in [0.29, 0.717) is 19.5 Å². The molecular weight excluding hydrogens is 379 g/mol. The maximum absolute atomic E-state index is 11.8. The molecule has 0 heterocycles. The minimum absolute atomic E-state index is 0. The Bertz CT molecular complexity index is 401. The van der Waals surface area contributed by atoms with Gasteiger partial charge in [-0.1, -0.05) is 84.0 Å². The van der Waals surface area contributed by atoms with E-state index in [4.69, 9.17) is 5.11 Å². The predicted octanol–water partition coefficient (Wildman–Crippen LogP) is 1.43. The third kappa shape index (κ3) is 22.4. The summed E-state index contributed by atoms with van der Waals surface area (Å²) in [6.45, 7) is 4.23. The molecule has 0 fully saturated rings. The van der Waals surface area contributed by atoms with Crippen molar-refractivity contribution in [3.05, 3.63) is 0 Å². The number of hydrogen-bond acceptors (Lipinski definition) is 4. The van der Waals surface area contributed by atoms with Crippen molar-refractivity contribution >= 4 is 11.9 Å². The molecule has 0 aliphatic carbocycles. The van der Waals surface area contributed by atoms with Crippen LogP contribution in [0, 0.1) is 0 Å². The van der Waals surface area contributed by atoms with Gasteiger partial charge in [0, 0.05) is 19.5 Å². The molecule has 0 aromatic heterocycles. The van der Waals surface area contributed by atoms with Crippen LogP contribution in [0.3, 0.4) is 0 Å². The largest absolute Gasteiger partial charge is 1.00 e. The third-order valence-corrected chi connectivity index (χ3v) is 5.10. The van der Waals surface area contributed by atoms with Gasteiger partial charge in [-0.3, -0.25) is 14.5 Å². The van der Waals surface area contributed by atoms with Crippen LogP contribution in [0.5, 0.6) is 0 Å². The zero-order valence-corrected chi connectivity index (χ0v) is 21.3. The van der Waals surface area contributed by atoms with Crippen LogP contribution in [0.4, 0.5) is 0 Å². The van der Waals surface area contributed by atoms with E-state index in [-0.39, 0.29) is 43.4 Å². The fourth-order valence-corrected chi connectivity index (χ4v) is 3.30. The first-order chi connectivity index (χ1) is 13.5. The van der Waals surface area contributed by atoms with Gasteiger partial charge in [-0.05, 0) is 13.3 Å². The van der Waals surface area contributed by atoms with Crippen molar-refractivity contribution in [1.29, 1.82) is 0 Å². The van der Waals surface area contributed by atoms with E-state index in [2.05, 4.69) is 12.2 Å². The van der Waals surface area contributed by atoms with Crippen LogP contribution < -0.4 is 34.9 Å². The second-order valence-electron chi connectivity index (χ2n) is 7.84. The number of nitrogens with zero attached hydrogens (tertiary/aromatic N) is 1. The summed E-state index contributed by atoms with van der Waals surface area (Å²) in [5, 5.41) is 21.1. The number of carboxylic acids is 1. The summed E-state index contributed by atoms with van der Waals surface area (Å²) in [5.41, 5.74) is 0. The van der Waals surface area contributed by atoms with Gasteiger partial charge in [0.15, 0.2) is 0 Å². The number of carbonyl (C=O) groups is 2. The summed E-state index contributed by atoms with van der Waals surface area (Å²) in [7, 11) is 0. The zero-order valence-electron chi connectivity index (χ0n) is 20.3. The molecule has 3 N–H and O–H groups in total. The van der Waals surface area contributed by atoms with Gasteiger partial charge in [-0.2, -0.15) is 0 Å². The van der Waals surface area contributed by atoms with Crippen molar-refractivity contribution < 1.29 is 50.8 Å². The Kier molecular flexibility index (Phi) is 24.1. The Morgan fingerprint density at radius 3 is 1.76 bits per heavy atom. The Balaban J connectivity index is -0.00000364. The topological polar surface area (TPSA) is 89.9 Å². The number of aliphatic carboxylic acids is 1. The zero-order chi connectivity index (χ0) is 21.0. The van der Waals surface area contributed by atoms with E-state index in [1.54, 1.807) is 0 Å². The molecular formula is C22H45N2NaO4. The van der Waals surface area contributed by atoms with Crippen LogP contribution in [-0.2, 0) is 9.59 Å². The summed E-state index contributed by atoms with van der Waals surface area (Å²) in [6, 6.07) is 0. The molecule has 0 spiro atoms. The summed E-state index contributed by atoms with van der Waals surface area (Å²) in [4.78, 5) is 23.9. The molecule has 0 saturated heterocycles. The van der Waals surface area contributed by atoms with Gasteiger partial charge in [0.25, 0.3) is 0 Å². The molecule has 168 valence electrons. The van der Waals surface area contributed by atoms with Crippen molar-refractivity contribution in [1.82, 2.24) is 10.2 Å². The molecule has 0 aliphatic heterocycles. The summed E-state index contributed by atoms with van der Waals surface area (Å²) < 4.78 is 0. The first kappa shape index (κ1) is 31.0. The standard InChI is InChI=1S/C22H44N2O4.Na.H/c1-3-4-5-6-7-8-9-10-11-12-13-14-15-16-21(26)23-17-18-24(20(2)25)19-22(27)28;;/h20,25H,3-19H2,1-2H3,(H,23,26)(H,27,28);;/q;+1;-1. The number of amides is 1. The van der Waals surface area contributed by atoms with Gasteiger partial charge in [-0.15, -0.1) is 0 Å². The molecule has 0 bridgehead atoms. The second kappa shape index (κ2) is 22.5. The van der Waals surface area contributed by atoms with Crippen molar-refractivity contribution in [2.24, 2.45) is 0 Å². The second-order valence-corrected chi connectivity index (χ2v) is 7.84. The molecule has 1 unspecified atom stereocenters. The Hall–Kier alpha value is -0.140. The molecule has 29 heavy (non-hydrogen) atoms. The number of aliphatic hydroxyl groups excluding tert-OH is 1. The molecule has 0 saturated carbocycles. The number of aliphatic hydroxyl groups is 1. The SMILES string of the molecule is CCCCCCCCCCCCCCCC(=O)NCCN(CC(=O)O)C(C)O.[H-].[Na+]. The van der Waals surface area contributed by atoms with Gasteiger partial charge >= 0.3 is 35.5 Å². The minimum Gasteiger partial charge on any atom is -1.00 e. The van der Waals surface area contributed by atoms with Crippen molar-refractivity contribution in [2.45, 2.75) is 110 Å². The van der Waals surface area contributed by atoms with Crippen molar-refractivity contribution in [3.63, 3.8) is 0 Å². The van der Waals surface area contributed by atoms with Crippen molar-refractivity contribution in [3.8, 4) is 0 Å². The molecule has 0 aliphatic rings. The number of nitrogens with one attached hydrogen (secondary N) is 1. The minimum atomic E-state index is -0.987. The Morgan fingerprint density at radius 1 is 0.897 bits per heavy atom.